The molecular weight excluding hydrogens is 572 g/mol. The number of urea groups is 1. The van der Waals surface area contributed by atoms with E-state index in [1.165, 1.54) is 17.0 Å². The predicted octanol–water partition coefficient (Wildman–Crippen LogP) is 3.81. The number of anilines is 1. The lowest BCUT2D eigenvalue weighted by atomic mass is 9.81. The number of nitrogens with zero attached hydrogens (tertiary/aromatic N) is 2. The van der Waals surface area contributed by atoms with E-state index < -0.39 is 54.6 Å². The highest BCUT2D eigenvalue weighted by Crippen LogP contribution is 2.47. The van der Waals surface area contributed by atoms with Crippen molar-refractivity contribution in [2.75, 3.05) is 25.1 Å². The van der Waals surface area contributed by atoms with E-state index in [0.29, 0.717) is 32.9 Å². The zero-order valence-electron chi connectivity index (χ0n) is 23.0. The zero-order valence-corrected chi connectivity index (χ0v) is 23.0. The molecule has 1 unspecified atom stereocenters. The first kappa shape index (κ1) is 30.1. The van der Waals surface area contributed by atoms with Crippen LogP contribution in [0.2, 0.25) is 0 Å². The molecule has 0 bridgehead atoms. The molecule has 2 aromatic rings. The van der Waals surface area contributed by atoms with Crippen LogP contribution in [0.1, 0.15) is 24.5 Å². The monoisotopic (exact) mass is 600 g/mol. The number of hydrogen-bond donors (Lipinski definition) is 2. The van der Waals surface area contributed by atoms with E-state index >= 15 is 0 Å². The second kappa shape index (κ2) is 11.4. The molecule has 1 aliphatic heterocycles. The van der Waals surface area contributed by atoms with Crippen LogP contribution >= 0.6 is 0 Å². The summed E-state index contributed by atoms with van der Waals surface area (Å²) in [5.74, 6) is -2.83. The van der Waals surface area contributed by atoms with Crippen molar-refractivity contribution in [2.24, 2.45) is 11.7 Å². The number of carbonyl (C=O) groups excluding carboxylic acids is 4. The van der Waals surface area contributed by atoms with Crippen LogP contribution < -0.4 is 11.1 Å². The number of halogens is 4. The van der Waals surface area contributed by atoms with E-state index in [2.05, 4.69) is 5.32 Å². The minimum atomic E-state index is -4.71. The second-order valence-electron chi connectivity index (χ2n) is 10.8. The van der Waals surface area contributed by atoms with Gasteiger partial charge in [0.1, 0.15) is 18.6 Å². The molecular formula is C30H28F4N4O5. The van der Waals surface area contributed by atoms with E-state index in [0.717, 1.165) is 19.1 Å². The van der Waals surface area contributed by atoms with Crippen LogP contribution in [0.3, 0.4) is 0 Å². The third kappa shape index (κ3) is 5.95. The van der Waals surface area contributed by atoms with Gasteiger partial charge in [0.2, 0.25) is 5.91 Å². The van der Waals surface area contributed by atoms with Crippen molar-refractivity contribution in [3.05, 3.63) is 83.2 Å². The molecule has 1 spiro atoms. The van der Waals surface area contributed by atoms with Crippen LogP contribution in [0.15, 0.2) is 66.3 Å². The molecule has 1 saturated heterocycles. The number of hydrogen-bond acceptors (Lipinski definition) is 6. The molecule has 226 valence electrons. The van der Waals surface area contributed by atoms with E-state index in [-0.39, 0.29) is 31.3 Å². The molecule has 9 nitrogen and oxygen atoms in total. The first-order valence-electron chi connectivity index (χ1n) is 13.4. The lowest BCUT2D eigenvalue weighted by Gasteiger charge is -2.32. The standard InChI is InChI=1S/C30H28F4N4O5/c1-17(30(32,33)34)38(13-18-2-6-20(31)7-3-18)26(40)14-37-15-29(43-16-37)24-11-10-22(27(41)23(24)12-25(29)39)19-4-8-21(9-5-19)36-28(35)42/h2-11,17,23H,12-16H2,1H3,(H3,35,36,42)/t17-,23?,29-/m0/s1. The average Bonchev–Trinajstić information content (AvgIpc) is 3.49. The van der Waals surface area contributed by atoms with Gasteiger partial charge >= 0.3 is 12.2 Å². The second-order valence-corrected chi connectivity index (χ2v) is 10.8. The Morgan fingerprint density at radius 2 is 1.79 bits per heavy atom. The van der Waals surface area contributed by atoms with Crippen LogP contribution in [0, 0.1) is 11.7 Å². The normalized spacial score (nSPS) is 22.7. The summed E-state index contributed by atoms with van der Waals surface area (Å²) in [6.45, 7) is -0.290. The fourth-order valence-electron chi connectivity index (χ4n) is 5.68. The molecule has 13 heteroatoms. The number of ether oxygens (including phenoxy) is 1. The number of nitrogens with one attached hydrogen (secondary N) is 1. The molecule has 1 saturated carbocycles. The summed E-state index contributed by atoms with van der Waals surface area (Å²) in [5, 5.41) is 2.43. The molecule has 3 aliphatic rings. The lowest BCUT2D eigenvalue weighted by Crippen LogP contribution is -2.50. The maximum atomic E-state index is 13.7. The highest BCUT2D eigenvalue weighted by atomic mass is 19.4. The van der Waals surface area contributed by atoms with Crippen molar-refractivity contribution in [1.82, 2.24) is 9.80 Å². The number of fused-ring (bicyclic) bond motifs is 2. The smallest absolute Gasteiger partial charge is 0.351 e. The van der Waals surface area contributed by atoms with Crippen molar-refractivity contribution < 1.29 is 41.5 Å². The Bertz CT molecular complexity index is 1520. The van der Waals surface area contributed by atoms with Gasteiger partial charge in [0.15, 0.2) is 17.2 Å². The Labute approximate surface area is 243 Å². The number of benzene rings is 2. The van der Waals surface area contributed by atoms with Gasteiger partial charge in [-0.3, -0.25) is 19.3 Å². The summed E-state index contributed by atoms with van der Waals surface area (Å²) in [6, 6.07) is 8.42. The average molecular weight is 601 g/mol. The van der Waals surface area contributed by atoms with E-state index in [9.17, 15) is 36.7 Å². The molecule has 3 amide bonds. The minimum absolute atomic E-state index is 0.103. The number of rotatable bonds is 7. The summed E-state index contributed by atoms with van der Waals surface area (Å²) >= 11 is 0. The van der Waals surface area contributed by atoms with Crippen molar-refractivity contribution in [3.63, 3.8) is 0 Å². The number of nitrogens with two attached hydrogens (primary N) is 1. The number of carbonyl (C=O) groups is 4. The van der Waals surface area contributed by atoms with Gasteiger partial charge in [0.25, 0.3) is 0 Å². The van der Waals surface area contributed by atoms with E-state index in [1.54, 1.807) is 36.4 Å². The molecule has 0 aromatic heterocycles. The molecule has 2 aliphatic carbocycles. The summed E-state index contributed by atoms with van der Waals surface area (Å²) in [6.07, 6.45) is -1.59. The van der Waals surface area contributed by atoms with Gasteiger partial charge < -0.3 is 20.7 Å². The van der Waals surface area contributed by atoms with Gasteiger partial charge in [-0.05, 0) is 47.9 Å². The van der Waals surface area contributed by atoms with Gasteiger partial charge in [0, 0.05) is 30.8 Å². The third-order valence-electron chi connectivity index (χ3n) is 7.98. The molecule has 2 aromatic carbocycles. The van der Waals surface area contributed by atoms with E-state index in [1.807, 2.05) is 0 Å². The number of ketones is 2. The SMILES string of the molecule is C[C@H](N(Cc1ccc(F)cc1)C(=O)CN1CO[C@]2(C1)C(=O)CC1C(=O)C(c3ccc(NC(N)=O)cc3)=CC=C12)C(F)(F)F. The first-order chi connectivity index (χ1) is 20.3. The van der Waals surface area contributed by atoms with Crippen molar-refractivity contribution >= 4 is 34.8 Å². The Kier molecular flexibility index (Phi) is 7.97. The van der Waals surface area contributed by atoms with Gasteiger partial charge in [-0.15, -0.1) is 0 Å². The fourth-order valence-corrected chi connectivity index (χ4v) is 5.68. The van der Waals surface area contributed by atoms with Crippen LogP contribution in [0.25, 0.3) is 5.57 Å². The summed E-state index contributed by atoms with van der Waals surface area (Å²) in [7, 11) is 0. The minimum Gasteiger partial charge on any atom is -0.351 e. The summed E-state index contributed by atoms with van der Waals surface area (Å²) in [4.78, 5) is 53.1. The van der Waals surface area contributed by atoms with Crippen molar-refractivity contribution in [2.45, 2.75) is 37.7 Å². The van der Waals surface area contributed by atoms with Crippen LogP contribution in [0.5, 0.6) is 0 Å². The maximum Gasteiger partial charge on any atom is 0.408 e. The topological polar surface area (TPSA) is 122 Å². The molecule has 43 heavy (non-hydrogen) atoms. The molecule has 3 N–H and O–H groups in total. The number of primary amides is 1. The van der Waals surface area contributed by atoms with Gasteiger partial charge in [0.05, 0.1) is 12.5 Å². The van der Waals surface area contributed by atoms with Gasteiger partial charge in [-0.1, -0.05) is 36.4 Å². The summed E-state index contributed by atoms with van der Waals surface area (Å²) in [5.41, 5.74) is 5.78. The zero-order chi connectivity index (χ0) is 31.1. The Hall–Kier alpha value is -4.36. The highest BCUT2D eigenvalue weighted by molar-refractivity contribution is 6.26. The van der Waals surface area contributed by atoms with Crippen molar-refractivity contribution in [3.8, 4) is 0 Å². The quantitative estimate of drug-likeness (QED) is 0.467. The molecule has 2 fully saturated rings. The summed E-state index contributed by atoms with van der Waals surface area (Å²) < 4.78 is 60.3. The first-order valence-corrected chi connectivity index (χ1v) is 13.4. The van der Waals surface area contributed by atoms with Gasteiger partial charge in [-0.25, -0.2) is 9.18 Å². The Morgan fingerprint density at radius 3 is 2.42 bits per heavy atom. The van der Waals surface area contributed by atoms with Gasteiger partial charge in [-0.2, -0.15) is 13.2 Å². The number of alkyl halides is 3. The van der Waals surface area contributed by atoms with Crippen LogP contribution in [0.4, 0.5) is 28.0 Å². The predicted molar refractivity (Wildman–Crippen MR) is 147 cm³/mol. The molecule has 1 heterocycles. The molecule has 0 radical (unpaired) electrons. The van der Waals surface area contributed by atoms with Crippen LogP contribution in [-0.4, -0.2) is 70.9 Å². The Morgan fingerprint density at radius 1 is 1.12 bits per heavy atom. The number of allylic oxidation sites excluding steroid dienone is 3. The number of Topliss-reactive ketones (excluding diaryl/α,β-unsaturated/α-hetero) is 2. The fraction of sp³-hybridized carbons (Fsp3) is 0.333. The lowest BCUT2D eigenvalue weighted by molar-refractivity contribution is -0.187. The Balaban J connectivity index is 1.33. The van der Waals surface area contributed by atoms with Crippen LogP contribution in [-0.2, 0) is 25.7 Å². The van der Waals surface area contributed by atoms with Crippen molar-refractivity contribution in [1.29, 1.82) is 0 Å². The molecule has 5 rings (SSSR count). The largest absolute Gasteiger partial charge is 0.408 e. The highest BCUT2D eigenvalue weighted by Gasteiger charge is 2.58. The third-order valence-corrected chi connectivity index (χ3v) is 7.98. The number of amides is 3. The molecule has 3 atom stereocenters. The van der Waals surface area contributed by atoms with E-state index in [4.69, 9.17) is 10.5 Å². The maximum absolute atomic E-state index is 13.7.